The second-order valence-corrected chi connectivity index (χ2v) is 10.1. The van der Waals surface area contributed by atoms with Gasteiger partial charge in [-0.2, -0.15) is 17.5 Å². The highest BCUT2D eigenvalue weighted by Crippen LogP contribution is 2.44. The van der Waals surface area contributed by atoms with Crippen molar-refractivity contribution >= 4 is 21.8 Å². The fraction of sp³-hybridized carbons (Fsp3) is 0.579. The molecule has 6 nitrogen and oxygen atoms in total. The average molecular weight is 431 g/mol. The van der Waals surface area contributed by atoms with Crippen LogP contribution >= 0.6 is 0 Å². The van der Waals surface area contributed by atoms with Crippen LogP contribution in [0.15, 0.2) is 29.2 Å². The lowest BCUT2D eigenvalue weighted by atomic mass is 9.67. The summed E-state index contributed by atoms with van der Waals surface area (Å²) in [5, 5.41) is 8.06. The van der Waals surface area contributed by atoms with Gasteiger partial charge < -0.3 is 4.90 Å². The summed E-state index contributed by atoms with van der Waals surface area (Å²) in [5.74, 6) is -0.141. The number of carbonyl (C=O) groups is 1. The maximum absolute atomic E-state index is 13.0. The molecule has 2 aliphatic heterocycles. The molecule has 0 aromatic heterocycles. The Hall–Kier alpha value is -1.94. The summed E-state index contributed by atoms with van der Waals surface area (Å²) in [5.41, 5.74) is -1.56. The third-order valence-corrected chi connectivity index (χ3v) is 7.94. The van der Waals surface area contributed by atoms with Gasteiger partial charge in [-0.15, -0.1) is 0 Å². The van der Waals surface area contributed by atoms with E-state index in [1.165, 1.54) is 15.3 Å². The molecule has 1 amide bonds. The van der Waals surface area contributed by atoms with Gasteiger partial charge in [-0.3, -0.25) is 10.2 Å². The highest BCUT2D eigenvalue weighted by Gasteiger charge is 2.45. The van der Waals surface area contributed by atoms with Gasteiger partial charge in [0.15, 0.2) is 0 Å². The fourth-order valence-corrected chi connectivity index (χ4v) is 5.75. The molecule has 1 aromatic carbocycles. The van der Waals surface area contributed by atoms with Crippen LogP contribution in [0.2, 0.25) is 0 Å². The van der Waals surface area contributed by atoms with Gasteiger partial charge in [-0.1, -0.05) is 13.0 Å². The van der Waals surface area contributed by atoms with Crippen molar-refractivity contribution in [2.75, 3.05) is 20.1 Å². The molecule has 0 saturated carbocycles. The highest BCUT2D eigenvalue weighted by atomic mass is 32.2. The standard InChI is InChI=1S/C19H24F3N3O3S/c1-18(10-16(23)24(2)17(26)11-18)14-6-4-8-25(12-14)29(27,28)15-7-3-5-13(9-15)19(20,21)22/h3,5,7,9,14,23H,4,6,8,10-12H2,1-2H3/t14?,18-/m0/s1. The van der Waals surface area contributed by atoms with E-state index in [-0.39, 0.29) is 42.1 Å². The summed E-state index contributed by atoms with van der Waals surface area (Å²) < 4.78 is 66.2. The molecule has 1 unspecified atom stereocenters. The smallest absolute Gasteiger partial charge is 0.304 e. The van der Waals surface area contributed by atoms with Crippen molar-refractivity contribution in [2.45, 2.75) is 43.7 Å². The number of hydrogen-bond donors (Lipinski definition) is 1. The Morgan fingerprint density at radius 2 is 1.93 bits per heavy atom. The third kappa shape index (κ3) is 4.18. The lowest BCUT2D eigenvalue weighted by molar-refractivity contribution is -0.137. The maximum Gasteiger partial charge on any atom is 0.416 e. The van der Waals surface area contributed by atoms with Crippen molar-refractivity contribution in [3.8, 4) is 0 Å². The minimum atomic E-state index is -4.63. The number of carbonyl (C=O) groups excluding carboxylic acids is 1. The molecule has 10 heteroatoms. The Morgan fingerprint density at radius 1 is 1.24 bits per heavy atom. The zero-order chi connectivity index (χ0) is 21.6. The van der Waals surface area contributed by atoms with Crippen LogP contribution in [0.5, 0.6) is 0 Å². The first-order valence-corrected chi connectivity index (χ1v) is 10.8. The number of sulfonamides is 1. The number of amidine groups is 1. The van der Waals surface area contributed by atoms with Crippen LogP contribution in [0.3, 0.4) is 0 Å². The lowest BCUT2D eigenvalue weighted by Gasteiger charge is -2.46. The molecule has 2 saturated heterocycles. The second-order valence-electron chi connectivity index (χ2n) is 8.13. The number of likely N-dealkylation sites (tertiary alicyclic amines) is 1. The first-order chi connectivity index (χ1) is 13.3. The molecule has 160 valence electrons. The number of hydrogen-bond acceptors (Lipinski definition) is 4. The van der Waals surface area contributed by atoms with Crippen molar-refractivity contribution < 1.29 is 26.4 Å². The Balaban J connectivity index is 1.85. The first-order valence-electron chi connectivity index (χ1n) is 9.36. The van der Waals surface area contributed by atoms with E-state index in [0.717, 1.165) is 12.1 Å². The van der Waals surface area contributed by atoms with Gasteiger partial charge in [-0.25, -0.2) is 8.42 Å². The fourth-order valence-electron chi connectivity index (χ4n) is 4.18. The molecule has 2 heterocycles. The third-order valence-electron chi connectivity index (χ3n) is 6.07. The number of nitrogens with zero attached hydrogens (tertiary/aromatic N) is 2. The number of alkyl halides is 3. The Morgan fingerprint density at radius 3 is 2.55 bits per heavy atom. The quantitative estimate of drug-likeness (QED) is 0.797. The van der Waals surface area contributed by atoms with Crippen molar-refractivity contribution in [1.29, 1.82) is 5.41 Å². The normalized spacial score (nSPS) is 27.3. The van der Waals surface area contributed by atoms with Crippen molar-refractivity contribution in [3.63, 3.8) is 0 Å². The molecular formula is C19H24F3N3O3S. The Bertz CT molecular complexity index is 912. The molecule has 3 rings (SSSR count). The van der Waals surface area contributed by atoms with Crippen LogP contribution in [0.25, 0.3) is 0 Å². The van der Waals surface area contributed by atoms with E-state index in [1.54, 1.807) is 7.05 Å². The molecule has 1 aromatic rings. The minimum absolute atomic E-state index is 0.124. The van der Waals surface area contributed by atoms with E-state index < -0.39 is 27.2 Å². The number of rotatable bonds is 3. The predicted molar refractivity (Wildman–Crippen MR) is 101 cm³/mol. The van der Waals surface area contributed by atoms with Crippen LogP contribution in [-0.2, 0) is 21.0 Å². The van der Waals surface area contributed by atoms with Crippen LogP contribution in [-0.4, -0.2) is 49.5 Å². The van der Waals surface area contributed by atoms with E-state index in [2.05, 4.69) is 0 Å². The SMILES string of the molecule is CN1C(=N)C[C@](C)(C2CCCN(S(=O)(=O)c3cccc(C(F)(F)F)c3)C2)CC1=O. The van der Waals surface area contributed by atoms with Crippen molar-refractivity contribution in [2.24, 2.45) is 11.3 Å². The predicted octanol–water partition coefficient (Wildman–Crippen LogP) is 3.34. The van der Waals surface area contributed by atoms with Crippen LogP contribution in [0, 0.1) is 16.7 Å². The van der Waals surface area contributed by atoms with Gasteiger partial charge in [0, 0.05) is 33.0 Å². The Labute approximate surface area is 168 Å². The zero-order valence-corrected chi connectivity index (χ0v) is 17.1. The molecule has 0 spiro atoms. The van der Waals surface area contributed by atoms with E-state index in [0.29, 0.717) is 25.3 Å². The monoisotopic (exact) mass is 431 g/mol. The number of halogens is 3. The molecule has 2 aliphatic rings. The van der Waals surface area contributed by atoms with Crippen molar-refractivity contribution in [1.82, 2.24) is 9.21 Å². The van der Waals surface area contributed by atoms with Crippen LogP contribution < -0.4 is 0 Å². The first kappa shape index (κ1) is 21.8. The maximum atomic E-state index is 13.0. The molecular weight excluding hydrogens is 407 g/mol. The molecule has 2 fully saturated rings. The minimum Gasteiger partial charge on any atom is -0.304 e. The van der Waals surface area contributed by atoms with Gasteiger partial charge in [0.05, 0.1) is 10.5 Å². The van der Waals surface area contributed by atoms with E-state index >= 15 is 0 Å². The van der Waals surface area contributed by atoms with Gasteiger partial charge in [0.25, 0.3) is 0 Å². The van der Waals surface area contributed by atoms with E-state index in [4.69, 9.17) is 5.41 Å². The summed E-state index contributed by atoms with van der Waals surface area (Å²) in [6.45, 7) is 2.23. The zero-order valence-electron chi connectivity index (χ0n) is 16.3. The van der Waals surface area contributed by atoms with E-state index in [1.807, 2.05) is 6.92 Å². The molecule has 0 aliphatic carbocycles. The topological polar surface area (TPSA) is 81.5 Å². The van der Waals surface area contributed by atoms with Gasteiger partial charge in [0.2, 0.25) is 15.9 Å². The largest absolute Gasteiger partial charge is 0.416 e. The number of benzene rings is 1. The molecule has 0 radical (unpaired) electrons. The number of amides is 1. The average Bonchev–Trinajstić information content (AvgIpc) is 2.65. The van der Waals surface area contributed by atoms with Crippen molar-refractivity contribution in [3.05, 3.63) is 29.8 Å². The van der Waals surface area contributed by atoms with E-state index in [9.17, 15) is 26.4 Å². The summed E-state index contributed by atoms with van der Waals surface area (Å²) in [6, 6.07) is 3.77. The molecule has 2 atom stereocenters. The lowest BCUT2D eigenvalue weighted by Crippen LogP contribution is -2.51. The number of piperidine rings is 2. The summed E-state index contributed by atoms with van der Waals surface area (Å²) >= 11 is 0. The summed E-state index contributed by atoms with van der Waals surface area (Å²) in [6.07, 6.45) is -2.80. The second kappa shape index (κ2) is 7.39. The molecule has 0 bridgehead atoms. The van der Waals surface area contributed by atoms with Crippen LogP contribution in [0.1, 0.15) is 38.2 Å². The number of nitrogens with one attached hydrogen (secondary N) is 1. The van der Waals surface area contributed by atoms with Crippen LogP contribution in [0.4, 0.5) is 13.2 Å². The molecule has 1 N–H and O–H groups in total. The van der Waals surface area contributed by atoms with Gasteiger partial charge >= 0.3 is 6.18 Å². The van der Waals surface area contributed by atoms with Gasteiger partial charge in [-0.05, 0) is 42.4 Å². The Kier molecular flexibility index (Phi) is 5.55. The summed E-state index contributed by atoms with van der Waals surface area (Å²) in [4.78, 5) is 13.2. The summed E-state index contributed by atoms with van der Waals surface area (Å²) in [7, 11) is -2.55. The highest BCUT2D eigenvalue weighted by molar-refractivity contribution is 7.89. The van der Waals surface area contributed by atoms with Gasteiger partial charge in [0.1, 0.15) is 5.84 Å². The molecule has 29 heavy (non-hydrogen) atoms.